The number of carboxylic acids is 1. The zero-order valence-electron chi connectivity index (χ0n) is 7.24. The van der Waals surface area contributed by atoms with Crippen LogP contribution in [0.4, 0.5) is 5.69 Å². The number of rotatable bonds is 4. The molecule has 0 spiro atoms. The van der Waals surface area contributed by atoms with Crippen molar-refractivity contribution < 1.29 is 9.90 Å². The first-order valence-corrected chi connectivity index (χ1v) is 4.81. The molecule has 1 aromatic rings. The molecule has 1 N–H and O–H groups in total. The molecule has 0 saturated heterocycles. The summed E-state index contributed by atoms with van der Waals surface area (Å²) in [5, 5.41) is 13.1. The maximum Gasteiger partial charge on any atom is 0.0517 e. The molecular weight excluding hydrogens is 186 g/mol. The fourth-order valence-corrected chi connectivity index (χ4v) is 1.47. The second-order valence-electron chi connectivity index (χ2n) is 2.44. The Hall–Kier alpha value is -1.16. The molecular formula is C9H10NO2S-. The van der Waals surface area contributed by atoms with Crippen LogP contribution in [-0.4, -0.2) is 18.8 Å². The highest BCUT2D eigenvalue weighted by Gasteiger charge is 1.93. The van der Waals surface area contributed by atoms with Crippen molar-refractivity contribution in [3.8, 4) is 0 Å². The number of hydrogen-bond acceptors (Lipinski definition) is 4. The molecule has 0 aliphatic rings. The lowest BCUT2D eigenvalue weighted by atomic mass is 10.3. The van der Waals surface area contributed by atoms with Crippen LogP contribution in [0.3, 0.4) is 0 Å². The normalized spacial score (nSPS) is 9.62. The van der Waals surface area contributed by atoms with Crippen LogP contribution in [0.5, 0.6) is 0 Å². The zero-order valence-corrected chi connectivity index (χ0v) is 8.06. The first-order chi connectivity index (χ1) is 6.22. The predicted octanol–water partition coefficient (Wildman–Crippen LogP) is 0.570. The monoisotopic (exact) mass is 196 g/mol. The molecule has 0 unspecified atom stereocenters. The molecule has 0 atom stereocenters. The van der Waals surface area contributed by atoms with Gasteiger partial charge >= 0.3 is 0 Å². The zero-order chi connectivity index (χ0) is 9.68. The van der Waals surface area contributed by atoms with Gasteiger partial charge in [-0.05, 0) is 24.3 Å². The number of benzene rings is 1. The molecule has 0 amide bonds. The average molecular weight is 196 g/mol. The number of nitrogens with one attached hydrogen (secondary N) is 1. The average Bonchev–Trinajstić information content (AvgIpc) is 2.15. The van der Waals surface area contributed by atoms with E-state index in [1.54, 1.807) is 0 Å². The minimum atomic E-state index is -1.04. The van der Waals surface area contributed by atoms with E-state index in [-0.39, 0.29) is 5.75 Å². The topological polar surface area (TPSA) is 52.2 Å². The molecule has 0 saturated carbocycles. The maximum atomic E-state index is 10.2. The van der Waals surface area contributed by atoms with Gasteiger partial charge in [0.05, 0.1) is 5.97 Å². The van der Waals surface area contributed by atoms with Crippen LogP contribution in [0.25, 0.3) is 0 Å². The molecule has 70 valence electrons. The van der Waals surface area contributed by atoms with Crippen molar-refractivity contribution in [3.05, 3.63) is 24.3 Å². The summed E-state index contributed by atoms with van der Waals surface area (Å²) in [6.45, 7) is 0. The third-order valence-corrected chi connectivity index (χ3v) is 2.49. The Morgan fingerprint density at radius 3 is 2.54 bits per heavy atom. The van der Waals surface area contributed by atoms with Crippen molar-refractivity contribution in [2.75, 3.05) is 18.1 Å². The van der Waals surface area contributed by atoms with Crippen LogP contribution in [0, 0.1) is 0 Å². The van der Waals surface area contributed by atoms with Crippen molar-refractivity contribution >= 4 is 23.4 Å². The van der Waals surface area contributed by atoms with Crippen molar-refractivity contribution in [2.24, 2.45) is 0 Å². The number of carbonyl (C=O) groups is 1. The summed E-state index contributed by atoms with van der Waals surface area (Å²) < 4.78 is 0. The largest absolute Gasteiger partial charge is 0.549 e. The Morgan fingerprint density at radius 2 is 2.08 bits per heavy atom. The number of carboxylic acid groups (broad SMARTS) is 1. The van der Waals surface area contributed by atoms with Crippen molar-refractivity contribution in [1.29, 1.82) is 0 Å². The van der Waals surface area contributed by atoms with Crippen LogP contribution in [0.15, 0.2) is 29.2 Å². The summed E-state index contributed by atoms with van der Waals surface area (Å²) in [4.78, 5) is 11.1. The highest BCUT2D eigenvalue weighted by atomic mass is 32.2. The SMILES string of the molecule is CNc1ccc(SCC(=O)[O-])cc1. The fourth-order valence-electron chi connectivity index (χ4n) is 0.860. The molecule has 1 aromatic carbocycles. The number of carbonyl (C=O) groups excluding carboxylic acids is 1. The van der Waals surface area contributed by atoms with E-state index in [9.17, 15) is 9.90 Å². The van der Waals surface area contributed by atoms with Crippen LogP contribution in [-0.2, 0) is 4.79 Å². The van der Waals surface area contributed by atoms with Gasteiger partial charge in [0.15, 0.2) is 0 Å². The quantitative estimate of drug-likeness (QED) is 0.715. The van der Waals surface area contributed by atoms with E-state index < -0.39 is 5.97 Å². The van der Waals surface area contributed by atoms with E-state index in [0.717, 1.165) is 10.6 Å². The van der Waals surface area contributed by atoms with Gasteiger partial charge in [-0.2, -0.15) is 0 Å². The van der Waals surface area contributed by atoms with Gasteiger partial charge in [0.25, 0.3) is 0 Å². The third-order valence-electron chi connectivity index (χ3n) is 1.50. The van der Waals surface area contributed by atoms with E-state index >= 15 is 0 Å². The minimum absolute atomic E-state index is 0.00109. The van der Waals surface area contributed by atoms with Gasteiger partial charge in [-0.3, -0.25) is 0 Å². The van der Waals surface area contributed by atoms with Gasteiger partial charge < -0.3 is 15.2 Å². The number of aliphatic carboxylic acids is 1. The van der Waals surface area contributed by atoms with Gasteiger partial charge in [-0.15, -0.1) is 11.8 Å². The van der Waals surface area contributed by atoms with Crippen LogP contribution in [0.1, 0.15) is 0 Å². The number of thioether (sulfide) groups is 1. The number of hydrogen-bond donors (Lipinski definition) is 1. The van der Waals surface area contributed by atoms with Crippen LogP contribution >= 0.6 is 11.8 Å². The summed E-state index contributed by atoms with van der Waals surface area (Å²) in [7, 11) is 1.84. The summed E-state index contributed by atoms with van der Waals surface area (Å²) in [5.41, 5.74) is 1.01. The van der Waals surface area contributed by atoms with Gasteiger partial charge in [0, 0.05) is 23.4 Å². The van der Waals surface area contributed by atoms with Gasteiger partial charge in [0.1, 0.15) is 0 Å². The lowest BCUT2D eigenvalue weighted by Crippen LogP contribution is -2.24. The predicted molar refractivity (Wildman–Crippen MR) is 51.7 cm³/mol. The van der Waals surface area contributed by atoms with Gasteiger partial charge in [-0.1, -0.05) is 0 Å². The van der Waals surface area contributed by atoms with E-state index in [0.29, 0.717) is 0 Å². The summed E-state index contributed by atoms with van der Waals surface area (Å²) in [6, 6.07) is 7.55. The molecule has 3 nitrogen and oxygen atoms in total. The Morgan fingerprint density at radius 1 is 1.46 bits per heavy atom. The summed E-state index contributed by atoms with van der Waals surface area (Å²) in [6.07, 6.45) is 0. The molecule has 13 heavy (non-hydrogen) atoms. The minimum Gasteiger partial charge on any atom is -0.549 e. The van der Waals surface area contributed by atoms with Crippen molar-refractivity contribution in [1.82, 2.24) is 0 Å². The molecule has 0 radical (unpaired) electrons. The number of anilines is 1. The highest BCUT2D eigenvalue weighted by Crippen LogP contribution is 2.19. The second kappa shape index (κ2) is 4.77. The van der Waals surface area contributed by atoms with Crippen LogP contribution in [0.2, 0.25) is 0 Å². The first kappa shape index (κ1) is 9.92. The van der Waals surface area contributed by atoms with Gasteiger partial charge in [0.2, 0.25) is 0 Å². The smallest absolute Gasteiger partial charge is 0.0517 e. The van der Waals surface area contributed by atoms with E-state index in [1.165, 1.54) is 11.8 Å². The standard InChI is InChI=1S/C9H11NO2S/c1-10-7-2-4-8(5-3-7)13-6-9(11)12/h2-5,10H,6H2,1H3,(H,11,12)/p-1. The Kier molecular flexibility index (Phi) is 3.64. The molecule has 0 aliphatic heterocycles. The molecule has 0 bridgehead atoms. The lowest BCUT2D eigenvalue weighted by Gasteiger charge is -2.03. The second-order valence-corrected chi connectivity index (χ2v) is 3.48. The maximum absolute atomic E-state index is 10.2. The van der Waals surface area contributed by atoms with Crippen molar-refractivity contribution in [3.63, 3.8) is 0 Å². The van der Waals surface area contributed by atoms with Gasteiger partial charge in [-0.25, -0.2) is 0 Å². The summed E-state index contributed by atoms with van der Waals surface area (Å²) in [5.74, 6) is -1.04. The Balaban J connectivity index is 2.54. The van der Waals surface area contributed by atoms with E-state index in [2.05, 4.69) is 5.32 Å². The third kappa shape index (κ3) is 3.38. The van der Waals surface area contributed by atoms with E-state index in [1.807, 2.05) is 31.3 Å². The first-order valence-electron chi connectivity index (χ1n) is 3.83. The van der Waals surface area contributed by atoms with Crippen LogP contribution < -0.4 is 10.4 Å². The highest BCUT2D eigenvalue weighted by molar-refractivity contribution is 8.00. The summed E-state index contributed by atoms with van der Waals surface area (Å²) >= 11 is 1.26. The van der Waals surface area contributed by atoms with E-state index in [4.69, 9.17) is 0 Å². The molecule has 0 aromatic heterocycles. The molecule has 0 aliphatic carbocycles. The lowest BCUT2D eigenvalue weighted by molar-refractivity contribution is -0.301. The molecule has 4 heteroatoms. The Labute approximate surface area is 81.2 Å². The Bertz CT molecular complexity index is 284. The van der Waals surface area contributed by atoms with Crippen molar-refractivity contribution in [2.45, 2.75) is 4.90 Å². The molecule has 1 rings (SSSR count). The molecule has 0 heterocycles. The molecule has 0 fully saturated rings. The fraction of sp³-hybridized carbons (Fsp3) is 0.222.